The molecule has 4 rings (SSSR count). The van der Waals surface area contributed by atoms with Crippen LogP contribution < -0.4 is 5.56 Å². The molecule has 0 aliphatic carbocycles. The summed E-state index contributed by atoms with van der Waals surface area (Å²) in [5.41, 5.74) is 4.80. The predicted molar refractivity (Wildman–Crippen MR) is 92.3 cm³/mol. The summed E-state index contributed by atoms with van der Waals surface area (Å²) in [4.78, 5) is 24.4. The second kappa shape index (κ2) is 5.56. The van der Waals surface area contributed by atoms with Crippen LogP contribution in [0.25, 0.3) is 5.65 Å². The molecule has 6 heteroatoms. The summed E-state index contributed by atoms with van der Waals surface area (Å²) in [6.45, 7) is 6.04. The fourth-order valence-electron chi connectivity index (χ4n) is 3.35. The van der Waals surface area contributed by atoms with E-state index in [4.69, 9.17) is 0 Å². The second-order valence-corrected chi connectivity index (χ2v) is 6.67. The van der Waals surface area contributed by atoms with Crippen molar-refractivity contribution in [3.8, 4) is 0 Å². The Bertz CT molecular complexity index is 985. The van der Waals surface area contributed by atoms with Gasteiger partial charge in [0.25, 0.3) is 5.56 Å². The van der Waals surface area contributed by atoms with Gasteiger partial charge in [-0.2, -0.15) is 0 Å². The Morgan fingerprint density at radius 2 is 2.00 bits per heavy atom. The fraction of sp³-hybridized carbons (Fsp3) is 0.389. The molecule has 124 valence electrons. The number of pyridine rings is 1. The number of aryl methyl sites for hydroxylation is 2. The smallest absolute Gasteiger partial charge is 0.258 e. The van der Waals surface area contributed by atoms with E-state index in [1.807, 2.05) is 42.9 Å². The van der Waals surface area contributed by atoms with Gasteiger partial charge >= 0.3 is 0 Å². The van der Waals surface area contributed by atoms with Crippen LogP contribution in [0, 0.1) is 13.8 Å². The van der Waals surface area contributed by atoms with Gasteiger partial charge in [-0.25, -0.2) is 9.97 Å². The van der Waals surface area contributed by atoms with Crippen LogP contribution in [0.4, 0.5) is 0 Å². The zero-order valence-electron chi connectivity index (χ0n) is 14.3. The first-order chi connectivity index (χ1) is 11.5. The lowest BCUT2D eigenvalue weighted by Crippen LogP contribution is -2.37. The lowest BCUT2D eigenvalue weighted by Gasteiger charge is -2.24. The Kier molecular flexibility index (Phi) is 3.49. The minimum Gasteiger partial charge on any atom is -0.306 e. The fourth-order valence-corrected chi connectivity index (χ4v) is 3.35. The van der Waals surface area contributed by atoms with Crippen molar-refractivity contribution in [2.75, 3.05) is 13.6 Å². The van der Waals surface area contributed by atoms with E-state index in [1.165, 1.54) is 5.56 Å². The van der Waals surface area contributed by atoms with Gasteiger partial charge in [-0.05, 0) is 32.5 Å². The third-order valence-electron chi connectivity index (χ3n) is 4.67. The second-order valence-electron chi connectivity index (χ2n) is 6.67. The Labute approximate surface area is 140 Å². The molecule has 0 bridgehead atoms. The van der Waals surface area contributed by atoms with Crippen molar-refractivity contribution in [3.05, 3.63) is 63.2 Å². The summed E-state index contributed by atoms with van der Waals surface area (Å²) in [5, 5.41) is 0. The molecule has 0 saturated heterocycles. The molecule has 1 aliphatic heterocycles. The maximum Gasteiger partial charge on any atom is 0.258 e. The lowest BCUT2D eigenvalue weighted by atomic mass is 10.1. The number of aromatic nitrogens is 4. The molecule has 3 aromatic rings. The third-order valence-corrected chi connectivity index (χ3v) is 4.67. The molecular formula is C18H21N5O. The molecule has 1 aliphatic rings. The van der Waals surface area contributed by atoms with Gasteiger partial charge < -0.3 is 9.30 Å². The first-order valence-corrected chi connectivity index (χ1v) is 8.23. The highest BCUT2D eigenvalue weighted by atomic mass is 16.1. The Morgan fingerprint density at radius 3 is 2.83 bits per heavy atom. The number of nitrogens with zero attached hydrogens (tertiary/aromatic N) is 5. The number of likely N-dealkylation sites (N-methyl/N-ethyl adjacent to an activating group) is 1. The highest BCUT2D eigenvalue weighted by Crippen LogP contribution is 2.14. The van der Waals surface area contributed by atoms with Gasteiger partial charge in [0.05, 0.1) is 23.5 Å². The molecule has 0 spiro atoms. The number of hydrogen-bond acceptors (Lipinski definition) is 4. The van der Waals surface area contributed by atoms with Gasteiger partial charge in [-0.1, -0.05) is 6.07 Å². The van der Waals surface area contributed by atoms with Crippen molar-refractivity contribution in [1.29, 1.82) is 0 Å². The largest absolute Gasteiger partial charge is 0.306 e. The zero-order valence-corrected chi connectivity index (χ0v) is 14.3. The highest BCUT2D eigenvalue weighted by molar-refractivity contribution is 5.41. The van der Waals surface area contributed by atoms with Crippen LogP contribution in [0.15, 0.2) is 29.3 Å². The highest BCUT2D eigenvalue weighted by Gasteiger charge is 2.20. The van der Waals surface area contributed by atoms with Gasteiger partial charge in [0.2, 0.25) is 0 Å². The van der Waals surface area contributed by atoms with Crippen LogP contribution in [-0.4, -0.2) is 37.4 Å². The van der Waals surface area contributed by atoms with Gasteiger partial charge in [0.15, 0.2) is 0 Å². The lowest BCUT2D eigenvalue weighted by molar-refractivity contribution is 0.305. The summed E-state index contributed by atoms with van der Waals surface area (Å²) in [6, 6.07) is 4.04. The zero-order chi connectivity index (χ0) is 16.8. The van der Waals surface area contributed by atoms with Crippen molar-refractivity contribution in [1.82, 2.24) is 23.8 Å². The molecule has 0 aromatic carbocycles. The molecular weight excluding hydrogens is 302 g/mol. The Balaban J connectivity index is 1.76. The van der Waals surface area contributed by atoms with Crippen molar-refractivity contribution < 1.29 is 0 Å². The van der Waals surface area contributed by atoms with E-state index in [-0.39, 0.29) is 5.56 Å². The maximum absolute atomic E-state index is 12.9. The van der Waals surface area contributed by atoms with Crippen LogP contribution in [0.1, 0.15) is 28.3 Å². The molecule has 0 unspecified atom stereocenters. The minimum atomic E-state index is 0.0669. The maximum atomic E-state index is 12.9. The van der Waals surface area contributed by atoms with Crippen molar-refractivity contribution >= 4 is 5.65 Å². The molecule has 0 fully saturated rings. The van der Waals surface area contributed by atoms with Gasteiger partial charge in [0, 0.05) is 31.9 Å². The standard InChI is InChI=1S/C18H21N5O/c1-12-4-5-17-20-14(9-22(17)8-12)10-23-13(2)19-16-6-7-21(3)11-15(16)18(23)24/h4-5,8-9H,6-7,10-11H2,1-3H3. The van der Waals surface area contributed by atoms with Crippen LogP contribution in [0.2, 0.25) is 0 Å². The van der Waals surface area contributed by atoms with Crippen LogP contribution in [0.3, 0.4) is 0 Å². The van der Waals surface area contributed by atoms with Crippen molar-refractivity contribution in [2.24, 2.45) is 0 Å². The summed E-state index contributed by atoms with van der Waals surface area (Å²) in [6.07, 6.45) is 4.87. The van der Waals surface area contributed by atoms with Gasteiger partial charge in [-0.3, -0.25) is 9.36 Å². The molecule has 0 saturated carbocycles. The SMILES string of the molecule is Cc1ccc2nc(Cn3c(C)nc4c(c3=O)CN(C)CC4)cn2c1. The molecule has 0 atom stereocenters. The topological polar surface area (TPSA) is 55.4 Å². The quantitative estimate of drug-likeness (QED) is 0.718. The molecule has 0 amide bonds. The van der Waals surface area contributed by atoms with E-state index < -0.39 is 0 Å². The predicted octanol–water partition coefficient (Wildman–Crippen LogP) is 1.54. The summed E-state index contributed by atoms with van der Waals surface area (Å²) in [7, 11) is 2.04. The number of rotatable bonds is 2. The molecule has 0 radical (unpaired) electrons. The van der Waals surface area contributed by atoms with E-state index in [0.29, 0.717) is 13.1 Å². The van der Waals surface area contributed by atoms with Gasteiger partial charge in [0.1, 0.15) is 11.5 Å². The average Bonchev–Trinajstić information content (AvgIpc) is 2.94. The van der Waals surface area contributed by atoms with Crippen molar-refractivity contribution in [3.63, 3.8) is 0 Å². The van der Waals surface area contributed by atoms with Crippen LogP contribution in [0.5, 0.6) is 0 Å². The normalized spacial score (nSPS) is 15.0. The molecule has 3 aromatic heterocycles. The monoisotopic (exact) mass is 323 g/mol. The number of fused-ring (bicyclic) bond motifs is 2. The summed E-state index contributed by atoms with van der Waals surface area (Å²) >= 11 is 0. The van der Waals surface area contributed by atoms with E-state index in [0.717, 1.165) is 41.4 Å². The van der Waals surface area contributed by atoms with E-state index in [2.05, 4.69) is 21.8 Å². The van der Waals surface area contributed by atoms with Gasteiger partial charge in [-0.15, -0.1) is 0 Å². The molecule has 6 nitrogen and oxygen atoms in total. The van der Waals surface area contributed by atoms with E-state index in [1.54, 1.807) is 4.57 Å². The van der Waals surface area contributed by atoms with Crippen LogP contribution >= 0.6 is 0 Å². The molecule has 0 N–H and O–H groups in total. The van der Waals surface area contributed by atoms with E-state index in [9.17, 15) is 4.79 Å². The molecule has 24 heavy (non-hydrogen) atoms. The Morgan fingerprint density at radius 1 is 1.17 bits per heavy atom. The van der Waals surface area contributed by atoms with Crippen molar-refractivity contribution in [2.45, 2.75) is 33.4 Å². The first kappa shape index (κ1) is 15.1. The Hall–Kier alpha value is -2.47. The van der Waals surface area contributed by atoms with Crippen LogP contribution in [-0.2, 0) is 19.5 Å². The first-order valence-electron chi connectivity index (χ1n) is 8.23. The molecule has 4 heterocycles. The third kappa shape index (κ3) is 2.53. The minimum absolute atomic E-state index is 0.0669. The van der Waals surface area contributed by atoms with E-state index >= 15 is 0 Å². The summed E-state index contributed by atoms with van der Waals surface area (Å²) < 4.78 is 3.75. The number of imidazole rings is 1. The average molecular weight is 323 g/mol. The number of hydrogen-bond donors (Lipinski definition) is 0. The summed E-state index contributed by atoms with van der Waals surface area (Å²) in [5.74, 6) is 0.761.